The van der Waals surface area contributed by atoms with E-state index in [9.17, 15) is 9.59 Å². The second-order valence-corrected chi connectivity index (χ2v) is 6.47. The summed E-state index contributed by atoms with van der Waals surface area (Å²) in [6.45, 7) is -0.313. The third kappa shape index (κ3) is 6.78. The van der Waals surface area contributed by atoms with Crippen LogP contribution < -0.4 is 24.4 Å². The number of nitrogens with one attached hydrogen (secondary N) is 1. The molecule has 0 spiro atoms. The fourth-order valence-corrected chi connectivity index (χ4v) is 2.81. The van der Waals surface area contributed by atoms with Gasteiger partial charge in [-0.2, -0.15) is 5.10 Å². The van der Waals surface area contributed by atoms with E-state index in [1.165, 1.54) is 34.7 Å². The molecule has 0 radical (unpaired) electrons. The SMILES string of the molecule is COC(=O)COc1c(Cl)cc(/C=N/NC(=O)Cc2ccc(OC)c(OC)c2)cc1OC. The Morgan fingerprint density at radius 2 is 1.71 bits per heavy atom. The van der Waals surface area contributed by atoms with Crippen LogP contribution in [0.1, 0.15) is 11.1 Å². The summed E-state index contributed by atoms with van der Waals surface area (Å²) in [5, 5.41) is 4.15. The number of hydrogen-bond acceptors (Lipinski definition) is 8. The second kappa shape index (κ2) is 11.7. The van der Waals surface area contributed by atoms with Gasteiger partial charge < -0.3 is 23.7 Å². The van der Waals surface area contributed by atoms with Crippen LogP contribution in [0, 0.1) is 0 Å². The zero-order valence-electron chi connectivity index (χ0n) is 17.6. The molecular weight excluding hydrogens is 428 g/mol. The number of hydrogen-bond donors (Lipinski definition) is 1. The van der Waals surface area contributed by atoms with Gasteiger partial charge in [-0.25, -0.2) is 10.2 Å². The molecule has 2 aromatic carbocycles. The molecule has 1 N–H and O–H groups in total. The van der Waals surface area contributed by atoms with Gasteiger partial charge >= 0.3 is 5.97 Å². The second-order valence-electron chi connectivity index (χ2n) is 6.06. The van der Waals surface area contributed by atoms with Gasteiger partial charge in [0.15, 0.2) is 29.6 Å². The van der Waals surface area contributed by atoms with Crippen molar-refractivity contribution in [1.82, 2.24) is 5.43 Å². The first-order valence-corrected chi connectivity index (χ1v) is 9.39. The van der Waals surface area contributed by atoms with Crippen LogP contribution in [0.2, 0.25) is 5.02 Å². The number of nitrogens with zero attached hydrogens (tertiary/aromatic N) is 1. The van der Waals surface area contributed by atoms with Gasteiger partial charge in [0.2, 0.25) is 5.91 Å². The van der Waals surface area contributed by atoms with Crippen LogP contribution in [0.15, 0.2) is 35.4 Å². The Balaban J connectivity index is 2.02. The Morgan fingerprint density at radius 3 is 2.35 bits per heavy atom. The first-order chi connectivity index (χ1) is 14.9. The molecule has 31 heavy (non-hydrogen) atoms. The predicted octanol–water partition coefficient (Wildman–Crippen LogP) is 2.61. The van der Waals surface area contributed by atoms with Crippen molar-refractivity contribution in [1.29, 1.82) is 0 Å². The van der Waals surface area contributed by atoms with Gasteiger partial charge in [0, 0.05) is 0 Å². The molecule has 0 heterocycles. The Kier molecular flexibility index (Phi) is 8.95. The summed E-state index contributed by atoms with van der Waals surface area (Å²) in [7, 11) is 5.75. The molecule has 0 saturated carbocycles. The van der Waals surface area contributed by atoms with Crippen molar-refractivity contribution < 1.29 is 33.3 Å². The number of halogens is 1. The van der Waals surface area contributed by atoms with Crippen LogP contribution in [0.4, 0.5) is 0 Å². The average molecular weight is 451 g/mol. The highest BCUT2D eigenvalue weighted by Gasteiger charge is 2.14. The summed E-state index contributed by atoms with van der Waals surface area (Å²) in [5.41, 5.74) is 3.74. The minimum absolute atomic E-state index is 0.0993. The molecule has 2 rings (SSSR count). The standard InChI is InChI=1S/C21H23ClN2O7/c1-27-16-6-5-13(8-17(16)28-2)10-19(25)24-23-11-14-7-15(22)21(18(9-14)29-3)31-12-20(26)30-4/h5-9,11H,10,12H2,1-4H3,(H,24,25)/b23-11+. The highest BCUT2D eigenvalue weighted by atomic mass is 35.5. The summed E-state index contributed by atoms with van der Waals surface area (Å²) in [4.78, 5) is 23.4. The monoisotopic (exact) mass is 450 g/mol. The van der Waals surface area contributed by atoms with Crippen molar-refractivity contribution in [3.05, 3.63) is 46.5 Å². The van der Waals surface area contributed by atoms with Gasteiger partial charge in [-0.3, -0.25) is 4.79 Å². The molecule has 0 atom stereocenters. The van der Waals surface area contributed by atoms with Crippen LogP contribution in [-0.2, 0) is 20.7 Å². The van der Waals surface area contributed by atoms with Crippen LogP contribution in [-0.4, -0.2) is 53.1 Å². The van der Waals surface area contributed by atoms with E-state index in [0.717, 1.165) is 5.56 Å². The number of carbonyl (C=O) groups is 2. The van der Waals surface area contributed by atoms with Crippen molar-refractivity contribution in [2.45, 2.75) is 6.42 Å². The number of ether oxygens (including phenoxy) is 5. The summed E-state index contributed by atoms with van der Waals surface area (Å²) in [6, 6.07) is 8.37. The zero-order chi connectivity index (χ0) is 22.8. The number of benzene rings is 2. The van der Waals surface area contributed by atoms with Gasteiger partial charge in [0.05, 0.1) is 46.1 Å². The lowest BCUT2D eigenvalue weighted by molar-refractivity contribution is -0.142. The number of rotatable bonds is 10. The van der Waals surface area contributed by atoms with Crippen LogP contribution in [0.3, 0.4) is 0 Å². The summed E-state index contributed by atoms with van der Waals surface area (Å²) in [6.07, 6.45) is 1.51. The van der Waals surface area contributed by atoms with Gasteiger partial charge in [-0.1, -0.05) is 17.7 Å². The van der Waals surface area contributed by atoms with Crippen LogP contribution in [0.25, 0.3) is 0 Å². The van der Waals surface area contributed by atoms with E-state index in [0.29, 0.717) is 22.8 Å². The van der Waals surface area contributed by atoms with Crippen LogP contribution in [0.5, 0.6) is 23.0 Å². The van der Waals surface area contributed by atoms with E-state index >= 15 is 0 Å². The maximum absolute atomic E-state index is 12.2. The largest absolute Gasteiger partial charge is 0.493 e. The van der Waals surface area contributed by atoms with E-state index in [-0.39, 0.29) is 29.7 Å². The fourth-order valence-electron chi connectivity index (χ4n) is 2.54. The number of esters is 1. The third-order valence-electron chi connectivity index (χ3n) is 4.03. The molecule has 0 aliphatic rings. The maximum Gasteiger partial charge on any atom is 0.343 e. The lowest BCUT2D eigenvalue weighted by Gasteiger charge is -2.12. The van der Waals surface area contributed by atoms with E-state index in [2.05, 4.69) is 15.3 Å². The summed E-state index contributed by atoms with van der Waals surface area (Å²) in [5.74, 6) is 0.737. The first kappa shape index (κ1) is 23.8. The lowest BCUT2D eigenvalue weighted by atomic mass is 10.1. The molecule has 0 bridgehead atoms. The highest BCUT2D eigenvalue weighted by Crippen LogP contribution is 2.36. The maximum atomic E-state index is 12.2. The molecular formula is C21H23ClN2O7. The third-order valence-corrected chi connectivity index (χ3v) is 4.31. The molecule has 2 aromatic rings. The van der Waals surface area contributed by atoms with E-state index < -0.39 is 5.97 Å². The Bertz CT molecular complexity index is 963. The molecule has 0 unspecified atom stereocenters. The van der Waals surface area contributed by atoms with Gasteiger partial charge in [0.1, 0.15) is 0 Å². The van der Waals surface area contributed by atoms with E-state index in [4.69, 9.17) is 30.5 Å². The number of amides is 1. The van der Waals surface area contributed by atoms with Gasteiger partial charge in [-0.05, 0) is 35.4 Å². The summed E-state index contributed by atoms with van der Waals surface area (Å²) < 4.78 is 25.5. The van der Waals surface area contributed by atoms with Crippen molar-refractivity contribution in [2.75, 3.05) is 35.0 Å². The molecule has 10 heteroatoms. The van der Waals surface area contributed by atoms with E-state index in [1.54, 1.807) is 30.3 Å². The van der Waals surface area contributed by atoms with Crippen molar-refractivity contribution in [3.8, 4) is 23.0 Å². The molecule has 0 aliphatic carbocycles. The molecule has 166 valence electrons. The topological polar surface area (TPSA) is 105 Å². The Hall–Kier alpha value is -3.46. The number of carbonyl (C=O) groups excluding carboxylic acids is 2. The zero-order valence-corrected chi connectivity index (χ0v) is 18.3. The minimum Gasteiger partial charge on any atom is -0.493 e. The molecule has 9 nitrogen and oxygen atoms in total. The summed E-state index contributed by atoms with van der Waals surface area (Å²) >= 11 is 6.21. The normalized spacial score (nSPS) is 10.5. The first-order valence-electron chi connectivity index (χ1n) is 9.01. The van der Waals surface area contributed by atoms with Crippen molar-refractivity contribution in [3.63, 3.8) is 0 Å². The number of methoxy groups -OCH3 is 4. The average Bonchev–Trinajstić information content (AvgIpc) is 2.77. The van der Waals surface area contributed by atoms with Crippen molar-refractivity contribution in [2.24, 2.45) is 5.10 Å². The fraction of sp³-hybridized carbons (Fsp3) is 0.286. The Labute approximate surface area is 184 Å². The van der Waals surface area contributed by atoms with E-state index in [1.807, 2.05) is 0 Å². The molecule has 1 amide bonds. The van der Waals surface area contributed by atoms with Crippen molar-refractivity contribution >= 4 is 29.7 Å². The number of hydrazone groups is 1. The predicted molar refractivity (Wildman–Crippen MR) is 115 cm³/mol. The van der Waals surface area contributed by atoms with Crippen LogP contribution >= 0.6 is 11.6 Å². The molecule has 0 fully saturated rings. The quantitative estimate of drug-likeness (QED) is 0.337. The van der Waals surface area contributed by atoms with Gasteiger partial charge in [0.25, 0.3) is 0 Å². The molecule has 0 saturated heterocycles. The smallest absolute Gasteiger partial charge is 0.343 e. The Morgan fingerprint density at radius 1 is 1.00 bits per heavy atom. The molecule has 0 aromatic heterocycles. The molecule has 0 aliphatic heterocycles. The van der Waals surface area contributed by atoms with Gasteiger partial charge in [-0.15, -0.1) is 0 Å². The minimum atomic E-state index is -0.555. The lowest BCUT2D eigenvalue weighted by Crippen LogP contribution is -2.19. The highest BCUT2D eigenvalue weighted by molar-refractivity contribution is 6.32.